The molecule has 31 heavy (non-hydrogen) atoms. The van der Waals surface area contributed by atoms with Gasteiger partial charge in [0.05, 0.1) is 5.02 Å². The van der Waals surface area contributed by atoms with Crippen LogP contribution in [0.2, 0.25) is 5.02 Å². The van der Waals surface area contributed by atoms with Crippen molar-refractivity contribution in [3.8, 4) is 16.9 Å². The third kappa shape index (κ3) is 4.57. The summed E-state index contributed by atoms with van der Waals surface area (Å²) < 4.78 is 24.6. The van der Waals surface area contributed by atoms with Crippen LogP contribution in [0.15, 0.2) is 51.7 Å². The monoisotopic (exact) mass is 444 g/mol. The van der Waals surface area contributed by atoms with Crippen LogP contribution in [0.3, 0.4) is 0 Å². The summed E-state index contributed by atoms with van der Waals surface area (Å²) in [4.78, 5) is 28.8. The van der Waals surface area contributed by atoms with Crippen molar-refractivity contribution in [3.05, 3.63) is 63.7 Å². The van der Waals surface area contributed by atoms with Crippen molar-refractivity contribution in [3.63, 3.8) is 0 Å². The number of halogens is 2. The zero-order valence-corrected chi connectivity index (χ0v) is 18.0. The Kier molecular flexibility index (Phi) is 5.98. The first-order chi connectivity index (χ1) is 14.8. The van der Waals surface area contributed by atoms with Crippen LogP contribution in [0.5, 0.6) is 5.75 Å². The Morgan fingerprint density at radius 2 is 1.84 bits per heavy atom. The SMILES string of the molecule is C[C@@H](Oc1ccc2c(-c3ccc(F)cc3Cl)cc(=O)oc2c1)C(=O)N1CCN(C)CC1. The largest absolute Gasteiger partial charge is 0.481 e. The van der Waals surface area contributed by atoms with Crippen LogP contribution in [-0.4, -0.2) is 55.0 Å². The highest BCUT2D eigenvalue weighted by Crippen LogP contribution is 2.34. The minimum absolute atomic E-state index is 0.0819. The summed E-state index contributed by atoms with van der Waals surface area (Å²) >= 11 is 6.19. The van der Waals surface area contributed by atoms with E-state index >= 15 is 0 Å². The molecule has 3 aromatic rings. The van der Waals surface area contributed by atoms with E-state index in [1.807, 2.05) is 7.05 Å². The molecule has 1 saturated heterocycles. The van der Waals surface area contributed by atoms with Crippen LogP contribution < -0.4 is 10.4 Å². The van der Waals surface area contributed by atoms with Gasteiger partial charge >= 0.3 is 5.63 Å². The molecule has 8 heteroatoms. The number of ether oxygens (including phenoxy) is 1. The molecule has 2 heterocycles. The summed E-state index contributed by atoms with van der Waals surface area (Å²) in [6.45, 7) is 4.69. The third-order valence-corrected chi connectivity index (χ3v) is 5.73. The molecule has 4 rings (SSSR count). The Labute approximate surface area is 183 Å². The van der Waals surface area contributed by atoms with Gasteiger partial charge in [-0.2, -0.15) is 0 Å². The summed E-state index contributed by atoms with van der Waals surface area (Å²) in [6, 6.07) is 10.3. The molecular formula is C23H22ClFN2O4. The lowest BCUT2D eigenvalue weighted by molar-refractivity contribution is -0.139. The molecule has 0 saturated carbocycles. The maximum absolute atomic E-state index is 13.4. The van der Waals surface area contributed by atoms with Gasteiger partial charge in [0, 0.05) is 54.8 Å². The van der Waals surface area contributed by atoms with Gasteiger partial charge in [-0.3, -0.25) is 4.79 Å². The van der Waals surface area contributed by atoms with Gasteiger partial charge in [0.2, 0.25) is 0 Å². The van der Waals surface area contributed by atoms with Crippen molar-refractivity contribution in [2.24, 2.45) is 0 Å². The zero-order chi connectivity index (χ0) is 22.1. The molecule has 0 radical (unpaired) electrons. The van der Waals surface area contributed by atoms with Crippen molar-refractivity contribution in [2.45, 2.75) is 13.0 Å². The molecule has 1 aliphatic heterocycles. The highest BCUT2D eigenvalue weighted by Gasteiger charge is 2.25. The predicted molar refractivity (Wildman–Crippen MR) is 117 cm³/mol. The molecule has 0 aliphatic carbocycles. The van der Waals surface area contributed by atoms with E-state index in [0.29, 0.717) is 40.9 Å². The van der Waals surface area contributed by atoms with Gasteiger partial charge < -0.3 is 19.0 Å². The van der Waals surface area contributed by atoms with E-state index in [1.165, 1.54) is 24.3 Å². The summed E-state index contributed by atoms with van der Waals surface area (Å²) in [5.74, 6) is -0.134. The van der Waals surface area contributed by atoms with E-state index in [2.05, 4.69) is 4.90 Å². The van der Waals surface area contributed by atoms with Gasteiger partial charge in [0.15, 0.2) is 6.10 Å². The lowest BCUT2D eigenvalue weighted by atomic mass is 10.0. The lowest BCUT2D eigenvalue weighted by Crippen LogP contribution is -2.50. The molecule has 1 amide bonds. The topological polar surface area (TPSA) is 63.0 Å². The Balaban J connectivity index is 1.61. The van der Waals surface area contributed by atoms with Gasteiger partial charge in [0.25, 0.3) is 5.91 Å². The van der Waals surface area contributed by atoms with Gasteiger partial charge in [-0.25, -0.2) is 9.18 Å². The van der Waals surface area contributed by atoms with E-state index < -0.39 is 17.5 Å². The molecule has 0 unspecified atom stereocenters. The third-order valence-electron chi connectivity index (χ3n) is 5.41. The Bertz CT molecular complexity index is 1190. The van der Waals surface area contributed by atoms with E-state index in [9.17, 15) is 14.0 Å². The first kappa shape index (κ1) is 21.3. The number of rotatable bonds is 4. The summed E-state index contributed by atoms with van der Waals surface area (Å²) in [5.41, 5.74) is 0.777. The second-order valence-electron chi connectivity index (χ2n) is 7.65. The number of carbonyl (C=O) groups excluding carboxylic acids is 1. The van der Waals surface area contributed by atoms with Crippen LogP contribution in [0.25, 0.3) is 22.1 Å². The second kappa shape index (κ2) is 8.69. The molecule has 2 aromatic carbocycles. The average Bonchev–Trinajstić information content (AvgIpc) is 2.73. The number of hydrogen-bond donors (Lipinski definition) is 0. The molecule has 0 N–H and O–H groups in total. The molecule has 1 atom stereocenters. The van der Waals surface area contributed by atoms with Gasteiger partial charge in [-0.15, -0.1) is 0 Å². The Morgan fingerprint density at radius 1 is 1.10 bits per heavy atom. The van der Waals surface area contributed by atoms with Gasteiger partial charge in [-0.05, 0) is 44.3 Å². The summed E-state index contributed by atoms with van der Waals surface area (Å²) in [7, 11) is 2.03. The predicted octanol–water partition coefficient (Wildman–Crippen LogP) is 3.79. The first-order valence-corrected chi connectivity index (χ1v) is 10.4. The number of amides is 1. The zero-order valence-electron chi connectivity index (χ0n) is 17.2. The van der Waals surface area contributed by atoms with Crippen molar-refractivity contribution >= 4 is 28.5 Å². The van der Waals surface area contributed by atoms with E-state index in [1.54, 1.807) is 30.0 Å². The highest BCUT2D eigenvalue weighted by atomic mass is 35.5. The number of benzene rings is 2. The molecule has 1 aromatic heterocycles. The van der Waals surface area contributed by atoms with E-state index in [4.69, 9.17) is 20.8 Å². The Morgan fingerprint density at radius 3 is 2.55 bits per heavy atom. The maximum atomic E-state index is 13.4. The van der Waals surface area contributed by atoms with Crippen molar-refractivity contribution < 1.29 is 18.3 Å². The number of piperazine rings is 1. The van der Waals surface area contributed by atoms with E-state index in [-0.39, 0.29) is 10.9 Å². The van der Waals surface area contributed by atoms with Crippen LogP contribution >= 0.6 is 11.6 Å². The number of nitrogens with zero attached hydrogens (tertiary/aromatic N) is 2. The molecule has 1 fully saturated rings. The van der Waals surface area contributed by atoms with Crippen LogP contribution in [0.1, 0.15) is 6.92 Å². The number of fused-ring (bicyclic) bond motifs is 1. The van der Waals surface area contributed by atoms with Gasteiger partial charge in [0.1, 0.15) is 17.1 Å². The first-order valence-electron chi connectivity index (χ1n) is 9.99. The summed E-state index contributed by atoms with van der Waals surface area (Å²) in [5, 5.41) is 0.817. The lowest BCUT2D eigenvalue weighted by Gasteiger charge is -2.33. The molecule has 1 aliphatic rings. The Hall–Kier alpha value is -2.90. The molecule has 6 nitrogen and oxygen atoms in total. The fourth-order valence-electron chi connectivity index (χ4n) is 3.69. The smallest absolute Gasteiger partial charge is 0.336 e. The molecule has 0 bridgehead atoms. The normalized spacial score (nSPS) is 15.8. The van der Waals surface area contributed by atoms with Crippen molar-refractivity contribution in [1.29, 1.82) is 0 Å². The quantitative estimate of drug-likeness (QED) is 0.573. The average molecular weight is 445 g/mol. The number of carbonyl (C=O) groups is 1. The fraction of sp³-hybridized carbons (Fsp3) is 0.304. The second-order valence-corrected chi connectivity index (χ2v) is 8.06. The van der Waals surface area contributed by atoms with Crippen molar-refractivity contribution in [2.75, 3.05) is 33.2 Å². The standard InChI is InChI=1S/C23H22ClFN2O4/c1-14(23(29)27-9-7-26(2)8-10-27)30-16-4-6-18-19(13-22(28)31-21(18)12-16)17-5-3-15(25)11-20(17)24/h3-6,11-14H,7-10H2,1-2H3/t14-/m1/s1. The van der Waals surface area contributed by atoms with Crippen LogP contribution in [0, 0.1) is 5.82 Å². The minimum Gasteiger partial charge on any atom is -0.481 e. The van der Waals surface area contributed by atoms with Gasteiger partial charge in [-0.1, -0.05) is 11.6 Å². The number of likely N-dealkylation sites (N-methyl/N-ethyl adjacent to an activating group) is 1. The van der Waals surface area contributed by atoms with E-state index in [0.717, 1.165) is 13.1 Å². The molecule has 0 spiro atoms. The summed E-state index contributed by atoms with van der Waals surface area (Å²) in [6.07, 6.45) is -0.678. The van der Waals surface area contributed by atoms with Crippen molar-refractivity contribution in [1.82, 2.24) is 9.80 Å². The molecule has 162 valence electrons. The highest BCUT2D eigenvalue weighted by molar-refractivity contribution is 6.33. The van der Waals surface area contributed by atoms with Crippen LogP contribution in [-0.2, 0) is 4.79 Å². The fourth-order valence-corrected chi connectivity index (χ4v) is 3.95. The maximum Gasteiger partial charge on any atom is 0.336 e. The van der Waals surface area contributed by atoms with Crippen LogP contribution in [0.4, 0.5) is 4.39 Å². The molecular weight excluding hydrogens is 423 g/mol. The minimum atomic E-state index is -0.678. The number of hydrogen-bond acceptors (Lipinski definition) is 5.